The molecule has 1 N–H and O–H groups in total. The van der Waals surface area contributed by atoms with Crippen molar-refractivity contribution in [2.24, 2.45) is 0 Å². The molecule has 8 nitrogen and oxygen atoms in total. The lowest BCUT2D eigenvalue weighted by atomic mass is 9.92. The minimum absolute atomic E-state index is 0.0361. The number of nitrogens with one attached hydrogen (secondary N) is 1. The summed E-state index contributed by atoms with van der Waals surface area (Å²) in [6.45, 7) is 1.54. The van der Waals surface area contributed by atoms with Crippen LogP contribution in [0.25, 0.3) is 16.9 Å². The highest BCUT2D eigenvalue weighted by Crippen LogP contribution is 2.34. The number of aromatic nitrogens is 2. The summed E-state index contributed by atoms with van der Waals surface area (Å²) in [4.78, 5) is 13.2. The van der Waals surface area contributed by atoms with Crippen LogP contribution in [0.15, 0.2) is 42.5 Å². The summed E-state index contributed by atoms with van der Waals surface area (Å²) in [5.74, 6) is -5.76. The van der Waals surface area contributed by atoms with Crippen molar-refractivity contribution in [2.45, 2.75) is 57.2 Å². The number of rotatable bonds is 8. The molecule has 0 aliphatic heterocycles. The normalized spacial score (nSPS) is 15.7. The molecule has 224 valence electrons. The van der Waals surface area contributed by atoms with E-state index in [1.165, 1.54) is 35.0 Å². The van der Waals surface area contributed by atoms with Gasteiger partial charge in [-0.3, -0.25) is 4.79 Å². The van der Waals surface area contributed by atoms with Crippen molar-refractivity contribution in [1.29, 1.82) is 5.26 Å². The number of halogens is 6. The largest absolute Gasteiger partial charge is 0.390 e. The first-order chi connectivity index (χ1) is 19.6. The smallest absolute Gasteiger partial charge is 0.382 e. The van der Waals surface area contributed by atoms with Gasteiger partial charge in [0.25, 0.3) is 5.91 Å². The van der Waals surface area contributed by atoms with Crippen molar-refractivity contribution in [1.82, 2.24) is 15.1 Å². The number of alkyl halides is 5. The van der Waals surface area contributed by atoms with Crippen LogP contribution < -0.4 is 9.50 Å². The van der Waals surface area contributed by atoms with Crippen LogP contribution in [0.1, 0.15) is 53.7 Å². The zero-order valence-electron chi connectivity index (χ0n) is 22.0. The maximum Gasteiger partial charge on any atom is 0.390 e. The van der Waals surface area contributed by atoms with Crippen LogP contribution in [-0.4, -0.2) is 48.0 Å². The molecule has 4 rings (SSSR count). The molecule has 0 saturated heterocycles. The average molecular weight is 615 g/mol. The SMILES string of the molecule is Cc1c(C(=O)NC2CCC(F)(F)CC2)nn(-c2cc(F)cc(C#N)c2)c1-c1ccc(OS(=O)(=O)CCC(F)(F)F)cc1. The highest BCUT2D eigenvalue weighted by Gasteiger charge is 2.36. The zero-order valence-corrected chi connectivity index (χ0v) is 22.8. The summed E-state index contributed by atoms with van der Waals surface area (Å²) < 4.78 is 109. The number of carbonyl (C=O) groups is 1. The lowest BCUT2D eigenvalue weighted by Crippen LogP contribution is -2.40. The second-order valence-electron chi connectivity index (χ2n) is 9.88. The van der Waals surface area contributed by atoms with Crippen molar-refractivity contribution in [2.75, 3.05) is 5.75 Å². The Kier molecular flexibility index (Phi) is 8.58. The minimum atomic E-state index is -4.69. The van der Waals surface area contributed by atoms with Gasteiger partial charge in [-0.1, -0.05) is 0 Å². The molecule has 0 spiro atoms. The maximum absolute atomic E-state index is 14.3. The van der Waals surface area contributed by atoms with E-state index in [0.29, 0.717) is 11.1 Å². The fourth-order valence-electron chi connectivity index (χ4n) is 4.53. The second kappa shape index (κ2) is 11.7. The molecule has 0 bridgehead atoms. The van der Waals surface area contributed by atoms with E-state index in [1.54, 1.807) is 6.92 Å². The Morgan fingerprint density at radius 2 is 1.81 bits per heavy atom. The van der Waals surface area contributed by atoms with Gasteiger partial charge in [0.15, 0.2) is 5.69 Å². The standard InChI is InChI=1S/C27H24F6N4O4S/c1-16-23(25(38)35-20-6-8-26(29,30)9-7-20)36-37(21-13-17(15-34)12-19(28)14-21)24(16)18-2-4-22(5-3-18)41-42(39,40)11-10-27(31,32)33/h2-5,12-14,20H,6-11H2,1H3,(H,35,38). The van der Waals surface area contributed by atoms with Crippen LogP contribution in [0.2, 0.25) is 0 Å². The van der Waals surface area contributed by atoms with E-state index in [9.17, 15) is 44.8 Å². The van der Waals surface area contributed by atoms with Gasteiger partial charge in [-0.2, -0.15) is 31.9 Å². The van der Waals surface area contributed by atoms with E-state index in [4.69, 9.17) is 4.18 Å². The van der Waals surface area contributed by atoms with Crippen LogP contribution in [0.4, 0.5) is 26.3 Å². The van der Waals surface area contributed by atoms with Crippen LogP contribution >= 0.6 is 0 Å². The number of carbonyl (C=O) groups excluding carboxylic acids is 1. The average Bonchev–Trinajstić information content (AvgIpc) is 3.25. The second-order valence-corrected chi connectivity index (χ2v) is 11.6. The minimum Gasteiger partial charge on any atom is -0.382 e. The topological polar surface area (TPSA) is 114 Å². The molecule has 3 aromatic rings. The molecule has 0 unspecified atom stereocenters. The highest BCUT2D eigenvalue weighted by atomic mass is 32.2. The Morgan fingerprint density at radius 1 is 1.17 bits per heavy atom. The molecule has 15 heteroatoms. The fraction of sp³-hybridized carbons (Fsp3) is 0.370. The Labute approximate surface area is 237 Å². The lowest BCUT2D eigenvalue weighted by Gasteiger charge is -2.28. The predicted molar refractivity (Wildman–Crippen MR) is 138 cm³/mol. The van der Waals surface area contributed by atoms with Gasteiger partial charge < -0.3 is 9.50 Å². The first-order valence-corrected chi connectivity index (χ1v) is 14.2. The number of nitriles is 1. The maximum atomic E-state index is 14.3. The number of amides is 1. The van der Waals surface area contributed by atoms with Gasteiger partial charge in [0.1, 0.15) is 11.6 Å². The Morgan fingerprint density at radius 3 is 2.40 bits per heavy atom. The fourth-order valence-corrected chi connectivity index (χ4v) is 5.50. The van der Waals surface area contributed by atoms with Gasteiger partial charge in [-0.05, 0) is 62.2 Å². The number of hydrogen-bond donors (Lipinski definition) is 1. The highest BCUT2D eigenvalue weighted by molar-refractivity contribution is 7.87. The van der Waals surface area contributed by atoms with E-state index < -0.39 is 52.2 Å². The summed E-state index contributed by atoms with van der Waals surface area (Å²) in [5, 5.41) is 16.4. The molecule has 1 aromatic heterocycles. The third-order valence-corrected chi connectivity index (χ3v) is 7.78. The van der Waals surface area contributed by atoms with Gasteiger partial charge in [-0.15, -0.1) is 0 Å². The molecule has 0 atom stereocenters. The van der Waals surface area contributed by atoms with Crippen LogP contribution in [-0.2, 0) is 10.1 Å². The Balaban J connectivity index is 1.68. The van der Waals surface area contributed by atoms with Crippen molar-refractivity contribution < 1.29 is 43.7 Å². The van der Waals surface area contributed by atoms with Gasteiger partial charge in [0.05, 0.1) is 35.2 Å². The number of nitrogens with zero attached hydrogens (tertiary/aromatic N) is 3. The third-order valence-electron chi connectivity index (χ3n) is 6.63. The van der Waals surface area contributed by atoms with Gasteiger partial charge in [-0.25, -0.2) is 17.9 Å². The molecule has 1 heterocycles. The van der Waals surface area contributed by atoms with Crippen molar-refractivity contribution in [3.63, 3.8) is 0 Å². The van der Waals surface area contributed by atoms with E-state index >= 15 is 0 Å². The lowest BCUT2D eigenvalue weighted by molar-refractivity contribution is -0.130. The molecule has 42 heavy (non-hydrogen) atoms. The molecule has 1 fully saturated rings. The number of benzene rings is 2. The summed E-state index contributed by atoms with van der Waals surface area (Å²) in [6.07, 6.45) is -6.90. The van der Waals surface area contributed by atoms with E-state index in [0.717, 1.165) is 12.1 Å². The zero-order chi connectivity index (χ0) is 30.9. The van der Waals surface area contributed by atoms with Crippen LogP contribution in [0.3, 0.4) is 0 Å². The monoisotopic (exact) mass is 614 g/mol. The van der Waals surface area contributed by atoms with Crippen LogP contribution in [0.5, 0.6) is 5.75 Å². The van der Waals surface area contributed by atoms with E-state index in [2.05, 4.69) is 10.4 Å². The number of hydrogen-bond acceptors (Lipinski definition) is 6. The van der Waals surface area contributed by atoms with E-state index in [1.807, 2.05) is 6.07 Å². The molecule has 1 aliphatic carbocycles. The van der Waals surface area contributed by atoms with Crippen molar-refractivity contribution >= 4 is 16.0 Å². The first-order valence-electron chi connectivity index (χ1n) is 12.6. The molecule has 2 aromatic carbocycles. The quantitative estimate of drug-likeness (QED) is 0.253. The first kappa shape index (κ1) is 30.9. The van der Waals surface area contributed by atoms with Gasteiger partial charge >= 0.3 is 16.3 Å². The van der Waals surface area contributed by atoms with Crippen LogP contribution in [0, 0.1) is 24.1 Å². The Hall–Kier alpha value is -4.06. The van der Waals surface area contributed by atoms with E-state index in [-0.39, 0.29) is 54.1 Å². The predicted octanol–water partition coefficient (Wildman–Crippen LogP) is 5.83. The van der Waals surface area contributed by atoms with Crippen molar-refractivity contribution in [3.05, 3.63) is 65.1 Å². The molecule has 1 amide bonds. The molecule has 0 radical (unpaired) electrons. The van der Waals surface area contributed by atoms with Gasteiger partial charge in [0.2, 0.25) is 5.92 Å². The molecule has 1 saturated carbocycles. The summed E-state index contributed by atoms with van der Waals surface area (Å²) in [6, 6.07) is 9.82. The molecular weight excluding hydrogens is 590 g/mol. The summed E-state index contributed by atoms with van der Waals surface area (Å²) in [5.41, 5.74) is 0.820. The summed E-state index contributed by atoms with van der Waals surface area (Å²) >= 11 is 0. The molecular formula is C27H24F6N4O4S. The summed E-state index contributed by atoms with van der Waals surface area (Å²) in [7, 11) is -4.56. The third kappa shape index (κ3) is 7.61. The van der Waals surface area contributed by atoms with Gasteiger partial charge in [0, 0.05) is 30.0 Å². The molecule has 1 aliphatic rings. The van der Waals surface area contributed by atoms with Crippen molar-refractivity contribution in [3.8, 4) is 28.8 Å². The Bertz CT molecular complexity index is 1620.